The van der Waals surface area contributed by atoms with Crippen LogP contribution in [0.15, 0.2) is 0 Å². The van der Waals surface area contributed by atoms with Gasteiger partial charge in [-0.15, -0.1) is 0 Å². The van der Waals surface area contributed by atoms with Crippen LogP contribution >= 0.6 is 15.9 Å². The molecule has 0 amide bonds. The Hall–Kier alpha value is 0.440. The molecule has 0 bridgehead atoms. The number of likely N-dealkylation sites (tertiary alicyclic amines) is 1. The predicted octanol–water partition coefficient (Wildman–Crippen LogP) is 2.89. The van der Waals surface area contributed by atoms with Crippen LogP contribution in [0.25, 0.3) is 0 Å². The van der Waals surface area contributed by atoms with Crippen LogP contribution in [0.3, 0.4) is 0 Å². The highest BCUT2D eigenvalue weighted by Gasteiger charge is 2.24. The van der Waals surface area contributed by atoms with Gasteiger partial charge in [-0.05, 0) is 44.2 Å². The lowest BCUT2D eigenvalue weighted by molar-refractivity contribution is 0.182. The van der Waals surface area contributed by atoms with Gasteiger partial charge in [-0.3, -0.25) is 0 Å². The van der Waals surface area contributed by atoms with Crippen LogP contribution in [0.1, 0.15) is 32.1 Å². The van der Waals surface area contributed by atoms with E-state index in [2.05, 4.69) is 20.8 Å². The smallest absolute Gasteiger partial charge is 0.00718 e. The summed E-state index contributed by atoms with van der Waals surface area (Å²) in [6, 6.07) is 0. The van der Waals surface area contributed by atoms with Crippen molar-refractivity contribution in [3.05, 3.63) is 0 Å². The summed E-state index contributed by atoms with van der Waals surface area (Å²) in [7, 11) is 0. The molecule has 0 aromatic heterocycles. The Morgan fingerprint density at radius 2 is 2.00 bits per heavy atom. The molecule has 1 saturated heterocycles. The van der Waals surface area contributed by atoms with E-state index in [0.717, 1.165) is 11.8 Å². The normalized spacial score (nSPS) is 30.7. The molecule has 2 fully saturated rings. The van der Waals surface area contributed by atoms with E-state index in [-0.39, 0.29) is 0 Å². The summed E-state index contributed by atoms with van der Waals surface area (Å²) < 4.78 is 0. The van der Waals surface area contributed by atoms with Gasteiger partial charge in [0.2, 0.25) is 0 Å². The fourth-order valence-electron chi connectivity index (χ4n) is 2.25. The monoisotopic (exact) mass is 245 g/mol. The number of hydrogen-bond donors (Lipinski definition) is 0. The Morgan fingerprint density at radius 1 is 1.15 bits per heavy atom. The van der Waals surface area contributed by atoms with Crippen molar-refractivity contribution in [2.75, 3.05) is 25.0 Å². The lowest BCUT2D eigenvalue weighted by Crippen LogP contribution is -2.36. The van der Waals surface area contributed by atoms with Crippen molar-refractivity contribution in [3.8, 4) is 0 Å². The van der Waals surface area contributed by atoms with E-state index < -0.39 is 0 Å². The molecule has 0 spiro atoms. The molecule has 0 aromatic rings. The second-order valence-corrected chi connectivity index (χ2v) is 5.34. The summed E-state index contributed by atoms with van der Waals surface area (Å²) in [5.74, 6) is 2.03. The van der Waals surface area contributed by atoms with Crippen molar-refractivity contribution in [1.29, 1.82) is 0 Å². The maximum absolute atomic E-state index is 3.60. The topological polar surface area (TPSA) is 3.24 Å². The average Bonchev–Trinajstić information content (AvgIpc) is 2.99. The van der Waals surface area contributed by atoms with E-state index in [1.807, 2.05) is 0 Å². The molecule has 13 heavy (non-hydrogen) atoms. The summed E-state index contributed by atoms with van der Waals surface area (Å²) in [4.78, 5) is 2.67. The predicted molar refractivity (Wildman–Crippen MR) is 60.3 cm³/mol. The Balaban J connectivity index is 1.65. The first kappa shape index (κ1) is 9.97. The summed E-state index contributed by atoms with van der Waals surface area (Å²) >= 11 is 3.60. The standard InChI is InChI=1S/C11H20BrN/c12-8-11-2-1-6-13(9-11)7-5-10-3-4-10/h10-11H,1-9H2. The van der Waals surface area contributed by atoms with Crippen molar-refractivity contribution in [2.45, 2.75) is 32.1 Å². The van der Waals surface area contributed by atoms with Crippen molar-refractivity contribution in [2.24, 2.45) is 11.8 Å². The molecule has 2 heteroatoms. The van der Waals surface area contributed by atoms with Gasteiger partial charge >= 0.3 is 0 Å². The molecule has 1 atom stereocenters. The fraction of sp³-hybridized carbons (Fsp3) is 1.00. The number of rotatable bonds is 4. The summed E-state index contributed by atoms with van der Waals surface area (Å²) in [6.07, 6.45) is 7.34. The molecule has 0 aromatic carbocycles. The molecule has 1 heterocycles. The molecule has 1 aliphatic heterocycles. The molecule has 76 valence electrons. The van der Waals surface area contributed by atoms with Crippen LogP contribution in [0, 0.1) is 11.8 Å². The summed E-state index contributed by atoms with van der Waals surface area (Å²) in [5, 5.41) is 1.20. The lowest BCUT2D eigenvalue weighted by Gasteiger charge is -2.31. The second kappa shape index (κ2) is 4.79. The van der Waals surface area contributed by atoms with Crippen molar-refractivity contribution in [3.63, 3.8) is 0 Å². The van der Waals surface area contributed by atoms with Gasteiger partial charge in [-0.2, -0.15) is 0 Å². The number of hydrogen-bond acceptors (Lipinski definition) is 1. The molecule has 0 N–H and O–H groups in total. The highest BCUT2D eigenvalue weighted by Crippen LogP contribution is 2.32. The Morgan fingerprint density at radius 3 is 2.69 bits per heavy atom. The third-order valence-electron chi connectivity index (χ3n) is 3.37. The first-order chi connectivity index (χ1) is 6.38. The fourth-order valence-corrected chi connectivity index (χ4v) is 2.78. The van der Waals surface area contributed by atoms with Gasteiger partial charge in [0, 0.05) is 11.9 Å². The summed E-state index contributed by atoms with van der Waals surface area (Å²) in [5.41, 5.74) is 0. The molecule has 2 aliphatic rings. The molecule has 0 radical (unpaired) electrons. The first-order valence-electron chi connectivity index (χ1n) is 5.67. The first-order valence-corrected chi connectivity index (χ1v) is 6.79. The number of piperidine rings is 1. The van der Waals surface area contributed by atoms with E-state index >= 15 is 0 Å². The Labute approximate surface area is 90.0 Å². The molecular weight excluding hydrogens is 226 g/mol. The van der Waals surface area contributed by atoms with Gasteiger partial charge in [0.15, 0.2) is 0 Å². The van der Waals surface area contributed by atoms with Crippen LogP contribution in [-0.2, 0) is 0 Å². The second-order valence-electron chi connectivity index (χ2n) is 4.70. The summed E-state index contributed by atoms with van der Waals surface area (Å²) in [6.45, 7) is 4.07. The Bertz CT molecular complexity index is 156. The van der Waals surface area contributed by atoms with Gasteiger partial charge in [0.1, 0.15) is 0 Å². The zero-order valence-corrected chi connectivity index (χ0v) is 9.93. The largest absolute Gasteiger partial charge is 0.303 e. The van der Waals surface area contributed by atoms with Crippen LogP contribution in [0.5, 0.6) is 0 Å². The lowest BCUT2D eigenvalue weighted by atomic mass is 10.00. The van der Waals surface area contributed by atoms with Crippen LogP contribution in [-0.4, -0.2) is 29.9 Å². The molecule has 2 rings (SSSR count). The van der Waals surface area contributed by atoms with E-state index in [1.165, 1.54) is 57.1 Å². The van der Waals surface area contributed by atoms with Gasteiger partial charge in [0.05, 0.1) is 0 Å². The van der Waals surface area contributed by atoms with Gasteiger partial charge in [0.25, 0.3) is 0 Å². The quantitative estimate of drug-likeness (QED) is 0.689. The highest BCUT2D eigenvalue weighted by atomic mass is 79.9. The minimum atomic E-state index is 0.924. The van der Waals surface area contributed by atoms with Crippen LogP contribution in [0.4, 0.5) is 0 Å². The highest BCUT2D eigenvalue weighted by molar-refractivity contribution is 9.09. The molecule has 1 aliphatic carbocycles. The minimum absolute atomic E-state index is 0.924. The van der Waals surface area contributed by atoms with Crippen LogP contribution < -0.4 is 0 Å². The van der Waals surface area contributed by atoms with Crippen LogP contribution in [0.2, 0.25) is 0 Å². The van der Waals surface area contributed by atoms with E-state index in [1.54, 1.807) is 0 Å². The zero-order valence-electron chi connectivity index (χ0n) is 8.34. The number of halogens is 1. The zero-order chi connectivity index (χ0) is 9.10. The molecule has 1 unspecified atom stereocenters. The Kier molecular flexibility index (Phi) is 3.67. The van der Waals surface area contributed by atoms with E-state index in [0.29, 0.717) is 0 Å². The SMILES string of the molecule is BrCC1CCCN(CCC2CC2)C1. The van der Waals surface area contributed by atoms with E-state index in [4.69, 9.17) is 0 Å². The van der Waals surface area contributed by atoms with Crippen molar-refractivity contribution in [1.82, 2.24) is 4.90 Å². The molecule has 1 saturated carbocycles. The average molecular weight is 246 g/mol. The molecular formula is C11H20BrN. The maximum atomic E-state index is 3.60. The van der Waals surface area contributed by atoms with E-state index in [9.17, 15) is 0 Å². The third-order valence-corrected chi connectivity index (χ3v) is 4.29. The minimum Gasteiger partial charge on any atom is -0.303 e. The van der Waals surface area contributed by atoms with Crippen molar-refractivity contribution < 1.29 is 0 Å². The molecule has 1 nitrogen and oxygen atoms in total. The third kappa shape index (κ3) is 3.25. The van der Waals surface area contributed by atoms with Gasteiger partial charge in [-0.25, -0.2) is 0 Å². The van der Waals surface area contributed by atoms with Gasteiger partial charge < -0.3 is 4.90 Å². The van der Waals surface area contributed by atoms with Crippen molar-refractivity contribution >= 4 is 15.9 Å². The van der Waals surface area contributed by atoms with Gasteiger partial charge in [-0.1, -0.05) is 28.8 Å². The number of alkyl halides is 1. The number of nitrogens with zero attached hydrogens (tertiary/aromatic N) is 1. The maximum Gasteiger partial charge on any atom is 0.00718 e.